The maximum atomic E-state index is 10.5. The molecule has 0 heterocycles. The van der Waals surface area contributed by atoms with E-state index in [2.05, 4.69) is 0 Å². The molecule has 138 valence electrons. The first-order valence-corrected chi connectivity index (χ1v) is 7.94. The van der Waals surface area contributed by atoms with Gasteiger partial charge in [-0.3, -0.25) is 0 Å². The molecule has 0 saturated carbocycles. The van der Waals surface area contributed by atoms with Crippen molar-refractivity contribution >= 4 is 0 Å². The number of phenolic OH excluding ortho intramolecular Hbond substituents is 2. The first-order chi connectivity index (χ1) is 12.5. The number of methoxy groups -OCH3 is 2. The third kappa shape index (κ3) is 4.03. The second-order valence-electron chi connectivity index (χ2n) is 5.57. The summed E-state index contributed by atoms with van der Waals surface area (Å²) in [7, 11) is 2.88. The highest BCUT2D eigenvalue weighted by Gasteiger charge is 2.18. The maximum absolute atomic E-state index is 10.5. The highest BCUT2D eigenvalue weighted by Crippen LogP contribution is 2.45. The number of rotatable bonds is 7. The van der Waals surface area contributed by atoms with Gasteiger partial charge in [0.2, 0.25) is 0 Å². The Kier molecular flexibility index (Phi) is 6.38. The van der Waals surface area contributed by atoms with Gasteiger partial charge in [0, 0.05) is 11.1 Å². The standard InChI is InChI=1S/C20H22O6/c1-25-17-11-13(5-3-7-21)9-15(19(17)23)16-10-14(6-4-8-22)12-18(26-2)20(16)24/h3-4,7-12,21-24H,5-6H2,1-2H3/b7-3+,8-4+. The van der Waals surface area contributed by atoms with E-state index in [0.717, 1.165) is 23.7 Å². The Hall–Kier alpha value is -3.28. The molecule has 6 heteroatoms. The molecule has 2 rings (SSSR count). The topological polar surface area (TPSA) is 99.4 Å². The molecule has 0 saturated heterocycles. The van der Waals surface area contributed by atoms with Crippen molar-refractivity contribution in [3.63, 3.8) is 0 Å². The Labute approximate surface area is 151 Å². The fourth-order valence-corrected chi connectivity index (χ4v) is 2.66. The summed E-state index contributed by atoms with van der Waals surface area (Å²) < 4.78 is 10.5. The minimum absolute atomic E-state index is 0.114. The molecule has 4 N–H and O–H groups in total. The fraction of sp³-hybridized carbons (Fsp3) is 0.200. The molecule has 0 aliphatic carbocycles. The quantitative estimate of drug-likeness (QED) is 0.558. The number of allylic oxidation sites excluding steroid dienone is 2. The average molecular weight is 358 g/mol. The van der Waals surface area contributed by atoms with E-state index < -0.39 is 0 Å². The number of aliphatic hydroxyl groups excluding tert-OH is 2. The van der Waals surface area contributed by atoms with Crippen LogP contribution in [0, 0.1) is 0 Å². The molecule has 0 unspecified atom stereocenters. The van der Waals surface area contributed by atoms with E-state index in [1.165, 1.54) is 14.2 Å². The lowest BCUT2D eigenvalue weighted by Crippen LogP contribution is -1.94. The van der Waals surface area contributed by atoms with Crippen LogP contribution >= 0.6 is 0 Å². The number of benzene rings is 2. The van der Waals surface area contributed by atoms with Crippen LogP contribution < -0.4 is 9.47 Å². The zero-order chi connectivity index (χ0) is 19.1. The molecule has 0 amide bonds. The van der Waals surface area contributed by atoms with Gasteiger partial charge in [0.15, 0.2) is 23.0 Å². The van der Waals surface area contributed by atoms with Gasteiger partial charge in [-0.1, -0.05) is 0 Å². The Balaban J connectivity index is 2.68. The molecule has 0 aliphatic heterocycles. The molecule has 0 spiro atoms. The third-order valence-electron chi connectivity index (χ3n) is 3.92. The van der Waals surface area contributed by atoms with Crippen LogP contribution in [-0.2, 0) is 12.8 Å². The van der Waals surface area contributed by atoms with Crippen molar-refractivity contribution in [2.24, 2.45) is 0 Å². The Morgan fingerprint density at radius 2 is 1.12 bits per heavy atom. The second kappa shape index (κ2) is 8.71. The van der Waals surface area contributed by atoms with Gasteiger partial charge in [0.1, 0.15) is 0 Å². The first-order valence-electron chi connectivity index (χ1n) is 7.94. The second-order valence-corrected chi connectivity index (χ2v) is 5.57. The maximum Gasteiger partial charge on any atom is 0.165 e. The SMILES string of the molecule is COc1cc(C/C=C/O)cc(-c2cc(C/C=C/O)cc(OC)c2O)c1O. The van der Waals surface area contributed by atoms with Crippen molar-refractivity contribution in [1.29, 1.82) is 0 Å². The van der Waals surface area contributed by atoms with E-state index >= 15 is 0 Å². The van der Waals surface area contributed by atoms with Crippen LogP contribution in [0.4, 0.5) is 0 Å². The van der Waals surface area contributed by atoms with Crippen molar-refractivity contribution in [2.45, 2.75) is 12.8 Å². The van der Waals surface area contributed by atoms with E-state index in [1.807, 2.05) is 0 Å². The van der Waals surface area contributed by atoms with E-state index in [4.69, 9.17) is 19.7 Å². The Morgan fingerprint density at radius 1 is 0.731 bits per heavy atom. The van der Waals surface area contributed by atoms with Crippen LogP contribution in [0.15, 0.2) is 48.9 Å². The van der Waals surface area contributed by atoms with Crippen LogP contribution in [0.3, 0.4) is 0 Å². The zero-order valence-electron chi connectivity index (χ0n) is 14.6. The van der Waals surface area contributed by atoms with Crippen LogP contribution in [0.5, 0.6) is 23.0 Å². The molecular formula is C20H22O6. The molecule has 2 aromatic rings. The molecule has 0 aliphatic rings. The monoisotopic (exact) mass is 358 g/mol. The lowest BCUT2D eigenvalue weighted by Gasteiger charge is -2.16. The van der Waals surface area contributed by atoms with E-state index in [1.54, 1.807) is 36.4 Å². The highest BCUT2D eigenvalue weighted by molar-refractivity contribution is 5.81. The lowest BCUT2D eigenvalue weighted by molar-refractivity contribution is 0.370. The number of aliphatic hydroxyl groups is 2. The summed E-state index contributed by atoms with van der Waals surface area (Å²) in [6.45, 7) is 0. The molecule has 0 fully saturated rings. The molecule has 0 bridgehead atoms. The molecule has 2 aromatic carbocycles. The Morgan fingerprint density at radius 3 is 1.42 bits per heavy atom. The van der Waals surface area contributed by atoms with Crippen LogP contribution in [-0.4, -0.2) is 34.6 Å². The molecular weight excluding hydrogens is 336 g/mol. The molecule has 0 aromatic heterocycles. The minimum atomic E-state index is -0.114. The van der Waals surface area contributed by atoms with Gasteiger partial charge >= 0.3 is 0 Å². The summed E-state index contributed by atoms with van der Waals surface area (Å²) in [6.07, 6.45) is 5.84. The third-order valence-corrected chi connectivity index (χ3v) is 3.92. The molecule has 0 atom stereocenters. The van der Waals surface area contributed by atoms with Gasteiger partial charge in [0.05, 0.1) is 26.7 Å². The molecule has 6 nitrogen and oxygen atoms in total. The van der Waals surface area contributed by atoms with Crippen molar-refractivity contribution in [1.82, 2.24) is 0 Å². The summed E-state index contributed by atoms with van der Waals surface area (Å²) in [5.74, 6) is 0.276. The van der Waals surface area contributed by atoms with Crippen LogP contribution in [0.25, 0.3) is 11.1 Å². The van der Waals surface area contributed by atoms with Crippen molar-refractivity contribution in [3.05, 3.63) is 60.1 Å². The summed E-state index contributed by atoms with van der Waals surface area (Å²) in [6, 6.07) is 6.73. The van der Waals surface area contributed by atoms with E-state index in [-0.39, 0.29) is 23.0 Å². The number of ether oxygens (including phenoxy) is 2. The van der Waals surface area contributed by atoms with Crippen molar-refractivity contribution in [2.75, 3.05) is 14.2 Å². The van der Waals surface area contributed by atoms with Crippen LogP contribution in [0.2, 0.25) is 0 Å². The molecule has 0 radical (unpaired) electrons. The summed E-state index contributed by atoms with van der Waals surface area (Å²) >= 11 is 0. The Bertz CT molecular complexity index is 754. The smallest absolute Gasteiger partial charge is 0.165 e. The largest absolute Gasteiger partial charge is 0.516 e. The zero-order valence-corrected chi connectivity index (χ0v) is 14.6. The highest BCUT2D eigenvalue weighted by atomic mass is 16.5. The van der Waals surface area contributed by atoms with Gasteiger partial charge in [-0.25, -0.2) is 0 Å². The van der Waals surface area contributed by atoms with E-state index in [9.17, 15) is 10.2 Å². The summed E-state index contributed by atoms with van der Waals surface area (Å²) in [4.78, 5) is 0. The normalized spacial score (nSPS) is 11.3. The molecule has 26 heavy (non-hydrogen) atoms. The average Bonchev–Trinajstić information content (AvgIpc) is 2.66. The van der Waals surface area contributed by atoms with Gasteiger partial charge < -0.3 is 29.9 Å². The summed E-state index contributed by atoms with van der Waals surface area (Å²) in [5, 5.41) is 38.9. The fourth-order valence-electron chi connectivity index (χ4n) is 2.66. The first kappa shape index (κ1) is 19.1. The van der Waals surface area contributed by atoms with Crippen LogP contribution in [0.1, 0.15) is 11.1 Å². The van der Waals surface area contributed by atoms with Gasteiger partial charge in [-0.2, -0.15) is 0 Å². The van der Waals surface area contributed by atoms with Crippen molar-refractivity contribution < 1.29 is 29.9 Å². The minimum Gasteiger partial charge on any atom is -0.516 e. The van der Waals surface area contributed by atoms with Gasteiger partial charge in [-0.05, 0) is 60.4 Å². The number of aromatic hydroxyl groups is 2. The number of hydrogen-bond donors (Lipinski definition) is 4. The van der Waals surface area contributed by atoms with E-state index in [0.29, 0.717) is 24.0 Å². The lowest BCUT2D eigenvalue weighted by atomic mass is 9.96. The van der Waals surface area contributed by atoms with Crippen molar-refractivity contribution in [3.8, 4) is 34.1 Å². The van der Waals surface area contributed by atoms with Gasteiger partial charge in [-0.15, -0.1) is 0 Å². The predicted octanol–water partition coefficient (Wildman–Crippen LogP) is 4.01. The van der Waals surface area contributed by atoms with Gasteiger partial charge in [0.25, 0.3) is 0 Å². The number of hydrogen-bond acceptors (Lipinski definition) is 6. The summed E-state index contributed by atoms with van der Waals surface area (Å²) in [5.41, 5.74) is 2.30. The predicted molar refractivity (Wildman–Crippen MR) is 99.3 cm³/mol. The number of phenols is 2.